The van der Waals surface area contributed by atoms with Crippen LogP contribution in [0.2, 0.25) is 0 Å². The van der Waals surface area contributed by atoms with Crippen LogP contribution in [0.25, 0.3) is 0 Å². The zero-order valence-corrected chi connectivity index (χ0v) is 9.72. The van der Waals surface area contributed by atoms with Crippen molar-refractivity contribution in [2.24, 2.45) is 0 Å². The number of hydrogen-bond donors (Lipinski definition) is 2. The van der Waals surface area contributed by atoms with E-state index in [0.29, 0.717) is 12.5 Å². The van der Waals surface area contributed by atoms with Gasteiger partial charge in [0.2, 0.25) is 0 Å². The van der Waals surface area contributed by atoms with E-state index >= 15 is 0 Å². The maximum Gasteiger partial charge on any atom is 0.261 e. The molecule has 0 bridgehead atoms. The minimum absolute atomic E-state index is 0. The van der Waals surface area contributed by atoms with Crippen molar-refractivity contribution in [2.45, 2.75) is 0 Å². The van der Waals surface area contributed by atoms with Gasteiger partial charge in [-0.05, 0) is 0 Å². The molecule has 11 heavy (non-hydrogen) atoms. The van der Waals surface area contributed by atoms with Crippen molar-refractivity contribution >= 4 is 43.9 Å². The molecular weight excluding hydrogens is 312 g/mol. The molecule has 0 spiro atoms. The summed E-state index contributed by atoms with van der Waals surface area (Å²) in [7, 11) is -7.33. The van der Waals surface area contributed by atoms with Gasteiger partial charge >= 0.3 is 0 Å². The van der Waals surface area contributed by atoms with Crippen LogP contribution in [0.15, 0.2) is 0 Å². The molecule has 0 aliphatic heterocycles. The van der Waals surface area contributed by atoms with Gasteiger partial charge in [0, 0.05) is 23.7 Å². The average Bonchev–Trinajstić information content (AvgIpc) is 1.12. The Bertz CT molecular complexity index is 215. The van der Waals surface area contributed by atoms with Gasteiger partial charge in [0.15, 0.2) is 0 Å². The molecule has 0 aromatic rings. The van der Waals surface area contributed by atoms with Gasteiger partial charge in [-0.1, -0.05) is 0 Å². The molecule has 2 N–H and O–H groups in total. The summed E-state index contributed by atoms with van der Waals surface area (Å²) >= 11 is 0. The second kappa shape index (κ2) is 6.16. The van der Waals surface area contributed by atoms with Gasteiger partial charge in [-0.3, -0.25) is 9.11 Å². The van der Waals surface area contributed by atoms with Crippen LogP contribution in [0.4, 0.5) is 0 Å². The second-order valence-corrected chi connectivity index (χ2v) is 4.40. The minimum Gasteiger partial charge on any atom is -0.286 e. The van der Waals surface area contributed by atoms with Crippen molar-refractivity contribution in [3.63, 3.8) is 0 Å². The normalized spacial score (nSPS) is 10.5. The molecule has 0 amide bonds. The van der Waals surface area contributed by atoms with Crippen LogP contribution in [0.5, 0.6) is 0 Å². The van der Waals surface area contributed by atoms with Gasteiger partial charge in [-0.25, -0.2) is 0 Å². The predicted molar refractivity (Wildman–Crippen MR) is 40.7 cm³/mol. The third-order valence-corrected chi connectivity index (χ3v) is 0. The molecule has 0 fully saturated rings. The molecule has 0 aromatic heterocycles. The van der Waals surface area contributed by atoms with Gasteiger partial charge < -0.3 is 0 Å². The van der Waals surface area contributed by atoms with Gasteiger partial charge in [-0.2, -0.15) is 16.8 Å². The molecule has 0 aromatic carbocycles. The molecule has 0 aliphatic carbocycles. The van der Waals surface area contributed by atoms with E-state index in [1.165, 1.54) is 0 Å². The van der Waals surface area contributed by atoms with Crippen molar-refractivity contribution in [2.75, 3.05) is 12.5 Å². The van der Waals surface area contributed by atoms with Crippen LogP contribution in [-0.2, 0) is 20.2 Å². The van der Waals surface area contributed by atoms with Crippen LogP contribution in [0, 0.1) is 0 Å². The summed E-state index contributed by atoms with van der Waals surface area (Å²) in [6, 6.07) is 0. The molecule has 70 valence electrons. The summed E-state index contributed by atoms with van der Waals surface area (Å²) in [5, 5.41) is 0. The Morgan fingerprint density at radius 1 is 0.818 bits per heavy atom. The summed E-state index contributed by atoms with van der Waals surface area (Å²) in [5.41, 5.74) is 0. The molecule has 6 nitrogen and oxygen atoms in total. The van der Waals surface area contributed by atoms with Crippen LogP contribution < -0.4 is 0 Å². The maximum absolute atomic E-state index is 9.19. The first kappa shape index (κ1) is 17.6. The van der Waals surface area contributed by atoms with Gasteiger partial charge in [0.1, 0.15) is 0 Å². The van der Waals surface area contributed by atoms with Crippen LogP contribution in [0.1, 0.15) is 0 Å². The Kier molecular flexibility index (Phi) is 9.88. The Labute approximate surface area is 82.2 Å². The molecule has 0 heterocycles. The molecule has 0 rings (SSSR count). The summed E-state index contributed by atoms with van der Waals surface area (Å²) in [6.07, 6.45) is 1.43. The zero-order valence-electron chi connectivity index (χ0n) is 5.75. The minimum atomic E-state index is -3.67. The van der Waals surface area contributed by atoms with E-state index in [2.05, 4.69) is 0 Å². The van der Waals surface area contributed by atoms with Gasteiger partial charge in [0.25, 0.3) is 20.2 Å². The third-order valence-electron chi connectivity index (χ3n) is 0. The van der Waals surface area contributed by atoms with E-state index in [-0.39, 0.29) is 23.7 Å². The first-order chi connectivity index (χ1) is 4.00. The fraction of sp³-hybridized carbons (Fsp3) is 1.00. The molecule has 0 atom stereocenters. The molecule has 9 heteroatoms. The smallest absolute Gasteiger partial charge is 0.261 e. The van der Waals surface area contributed by atoms with Crippen LogP contribution in [0.3, 0.4) is 0 Å². The average molecular weight is 320 g/mol. The second-order valence-electron chi connectivity index (χ2n) is 1.47. The molecule has 0 saturated carbocycles. The Morgan fingerprint density at radius 3 is 0.818 bits per heavy atom. The van der Waals surface area contributed by atoms with E-state index in [1.807, 2.05) is 0 Å². The molecule has 0 aliphatic rings. The third kappa shape index (κ3) is 2120. The van der Waals surface area contributed by atoms with Crippen molar-refractivity contribution in [3.8, 4) is 0 Å². The van der Waals surface area contributed by atoms with Gasteiger partial charge in [-0.15, -0.1) is 0 Å². The van der Waals surface area contributed by atoms with Crippen molar-refractivity contribution in [1.29, 1.82) is 0 Å². The van der Waals surface area contributed by atoms with E-state index in [1.54, 1.807) is 0 Å². The van der Waals surface area contributed by atoms with Crippen LogP contribution >= 0.6 is 0 Å². The molecule has 2 radical (unpaired) electrons. The van der Waals surface area contributed by atoms with Crippen LogP contribution in [-0.4, -0.2) is 62.1 Å². The Hall–Kier alpha value is 0.610. The van der Waals surface area contributed by atoms with E-state index in [4.69, 9.17) is 9.11 Å². The van der Waals surface area contributed by atoms with Crippen molar-refractivity contribution < 1.29 is 25.9 Å². The number of hydrogen-bond acceptors (Lipinski definition) is 4. The summed E-state index contributed by atoms with van der Waals surface area (Å²) in [5.74, 6) is 0. The first-order valence-electron chi connectivity index (χ1n) is 1.85. The summed E-state index contributed by atoms with van der Waals surface area (Å²) in [4.78, 5) is 0. The fourth-order valence-electron chi connectivity index (χ4n) is 0. The van der Waals surface area contributed by atoms with E-state index < -0.39 is 20.2 Å². The standard InChI is InChI=1S/2CH4O3S.Te/c2*1-5(2,3)4;/h2*1H3,(H,2,3,4);. The molecular formula is C2H8O6S2Te. The Morgan fingerprint density at radius 2 is 0.818 bits per heavy atom. The molecule has 0 unspecified atom stereocenters. The summed E-state index contributed by atoms with van der Waals surface area (Å²) < 4.78 is 51.7. The van der Waals surface area contributed by atoms with E-state index in [0.717, 1.165) is 0 Å². The topological polar surface area (TPSA) is 109 Å². The quantitative estimate of drug-likeness (QED) is 0.421. The largest absolute Gasteiger partial charge is 0.286 e. The zero-order chi connectivity index (χ0) is 9.00. The maximum atomic E-state index is 9.19. The SMILES string of the molecule is CS(=O)(=O)O.CS(=O)(=O)O.[Te]. The summed E-state index contributed by atoms with van der Waals surface area (Å²) in [6.45, 7) is 0. The van der Waals surface area contributed by atoms with Gasteiger partial charge in [0.05, 0.1) is 12.5 Å². The number of rotatable bonds is 0. The fourth-order valence-corrected chi connectivity index (χ4v) is 0. The van der Waals surface area contributed by atoms with Crippen molar-refractivity contribution in [1.82, 2.24) is 0 Å². The van der Waals surface area contributed by atoms with Crippen molar-refractivity contribution in [3.05, 3.63) is 0 Å². The first-order valence-corrected chi connectivity index (χ1v) is 5.54. The Balaban J connectivity index is -0.000000107. The molecule has 0 saturated heterocycles. The monoisotopic (exact) mass is 322 g/mol. The predicted octanol–water partition coefficient (Wildman–Crippen LogP) is -1.37. The van der Waals surface area contributed by atoms with E-state index in [9.17, 15) is 16.8 Å².